The van der Waals surface area contributed by atoms with E-state index in [0.29, 0.717) is 0 Å². The third-order valence-electron chi connectivity index (χ3n) is 2.54. The number of likely N-dealkylation sites (N-methyl/N-ethyl adjacent to an activating group) is 1. The minimum absolute atomic E-state index is 0.00176. The SMILES string of the molecule is CCNC(Cc1cccc(C(F)(F)F)c1)C(F)(F)F. The Balaban J connectivity index is 2.91. The second-order valence-electron chi connectivity index (χ2n) is 4.05. The highest BCUT2D eigenvalue weighted by atomic mass is 19.4. The van der Waals surface area contributed by atoms with Gasteiger partial charge in [0.05, 0.1) is 5.56 Å². The van der Waals surface area contributed by atoms with Crippen LogP contribution in [0.4, 0.5) is 26.3 Å². The molecule has 0 amide bonds. The van der Waals surface area contributed by atoms with Crippen molar-refractivity contribution in [3.8, 4) is 0 Å². The molecule has 0 bridgehead atoms. The van der Waals surface area contributed by atoms with Crippen molar-refractivity contribution < 1.29 is 26.3 Å². The molecular formula is C12H13F6N. The number of nitrogens with one attached hydrogen (secondary N) is 1. The van der Waals surface area contributed by atoms with Gasteiger partial charge in [-0.05, 0) is 24.6 Å². The average molecular weight is 285 g/mol. The zero-order chi connectivity index (χ0) is 14.7. The summed E-state index contributed by atoms with van der Waals surface area (Å²) in [6, 6.07) is 2.10. The normalized spacial score (nSPS) is 14.5. The molecule has 0 spiro atoms. The largest absolute Gasteiger partial charge is 0.416 e. The van der Waals surface area contributed by atoms with E-state index in [-0.39, 0.29) is 12.1 Å². The predicted molar refractivity (Wildman–Crippen MR) is 58.7 cm³/mol. The van der Waals surface area contributed by atoms with Gasteiger partial charge in [0, 0.05) is 0 Å². The molecule has 0 saturated heterocycles. The molecule has 0 aliphatic rings. The summed E-state index contributed by atoms with van der Waals surface area (Å²) in [5.74, 6) is 0. The van der Waals surface area contributed by atoms with Gasteiger partial charge in [-0.3, -0.25) is 0 Å². The Morgan fingerprint density at radius 3 is 2.21 bits per heavy atom. The van der Waals surface area contributed by atoms with E-state index < -0.39 is 30.4 Å². The van der Waals surface area contributed by atoms with Crippen molar-refractivity contribution in [1.82, 2.24) is 5.32 Å². The lowest BCUT2D eigenvalue weighted by Crippen LogP contribution is -2.43. The molecule has 1 aromatic carbocycles. The van der Waals surface area contributed by atoms with Crippen LogP contribution in [0.1, 0.15) is 18.1 Å². The van der Waals surface area contributed by atoms with Gasteiger partial charge in [-0.25, -0.2) is 0 Å². The first kappa shape index (κ1) is 15.8. The highest BCUT2D eigenvalue weighted by molar-refractivity contribution is 5.26. The second kappa shape index (κ2) is 5.81. The van der Waals surface area contributed by atoms with E-state index in [4.69, 9.17) is 0 Å². The molecule has 1 nitrogen and oxygen atoms in total. The molecule has 0 aliphatic carbocycles. The summed E-state index contributed by atoms with van der Waals surface area (Å²) < 4.78 is 75.3. The lowest BCUT2D eigenvalue weighted by atomic mass is 10.0. The number of halogens is 6. The monoisotopic (exact) mass is 285 g/mol. The van der Waals surface area contributed by atoms with Crippen LogP contribution < -0.4 is 5.32 Å². The van der Waals surface area contributed by atoms with Gasteiger partial charge in [0.2, 0.25) is 0 Å². The smallest absolute Gasteiger partial charge is 0.306 e. The van der Waals surface area contributed by atoms with Crippen molar-refractivity contribution in [3.05, 3.63) is 35.4 Å². The third-order valence-corrected chi connectivity index (χ3v) is 2.54. The molecule has 0 fully saturated rings. The van der Waals surface area contributed by atoms with Crippen LogP contribution in [0.25, 0.3) is 0 Å². The van der Waals surface area contributed by atoms with Gasteiger partial charge in [0.15, 0.2) is 0 Å². The summed E-state index contributed by atoms with van der Waals surface area (Å²) in [6.07, 6.45) is -9.58. The molecule has 1 aromatic rings. The van der Waals surface area contributed by atoms with Crippen LogP contribution in [0.3, 0.4) is 0 Å². The molecule has 0 heterocycles. The topological polar surface area (TPSA) is 12.0 Å². The minimum Gasteiger partial charge on any atom is -0.306 e. The molecule has 0 saturated carbocycles. The average Bonchev–Trinajstić information content (AvgIpc) is 2.26. The van der Waals surface area contributed by atoms with Gasteiger partial charge in [0.25, 0.3) is 0 Å². The van der Waals surface area contributed by atoms with Crippen LogP contribution >= 0.6 is 0 Å². The van der Waals surface area contributed by atoms with Crippen molar-refractivity contribution >= 4 is 0 Å². The van der Waals surface area contributed by atoms with Crippen molar-refractivity contribution in [3.63, 3.8) is 0 Å². The van der Waals surface area contributed by atoms with Crippen molar-refractivity contribution in [2.45, 2.75) is 31.7 Å². The van der Waals surface area contributed by atoms with E-state index in [9.17, 15) is 26.3 Å². The molecule has 0 radical (unpaired) electrons. The van der Waals surface area contributed by atoms with E-state index in [2.05, 4.69) is 5.32 Å². The van der Waals surface area contributed by atoms with E-state index in [0.717, 1.165) is 18.2 Å². The first-order chi connectivity index (χ1) is 8.64. The highest BCUT2D eigenvalue weighted by Gasteiger charge is 2.39. The van der Waals surface area contributed by atoms with Crippen LogP contribution in [0.5, 0.6) is 0 Å². The van der Waals surface area contributed by atoms with Crippen LogP contribution in [0.2, 0.25) is 0 Å². The fraction of sp³-hybridized carbons (Fsp3) is 0.500. The first-order valence-corrected chi connectivity index (χ1v) is 5.61. The Bertz CT molecular complexity index is 409. The summed E-state index contributed by atoms with van der Waals surface area (Å²) in [7, 11) is 0. The lowest BCUT2D eigenvalue weighted by Gasteiger charge is -2.21. The standard InChI is InChI=1S/C12H13F6N/c1-2-19-10(12(16,17)18)7-8-4-3-5-9(6-8)11(13,14)15/h3-6,10,19H,2,7H2,1H3. The van der Waals surface area contributed by atoms with Gasteiger partial charge in [-0.2, -0.15) is 26.3 Å². The summed E-state index contributed by atoms with van der Waals surface area (Å²) in [6.45, 7) is 1.59. The third kappa shape index (κ3) is 4.74. The fourth-order valence-corrected chi connectivity index (χ4v) is 1.66. The Morgan fingerprint density at radius 2 is 1.74 bits per heavy atom. The van der Waals surface area contributed by atoms with Gasteiger partial charge >= 0.3 is 12.4 Å². The van der Waals surface area contributed by atoms with Crippen molar-refractivity contribution in [2.75, 3.05) is 6.54 Å². The minimum atomic E-state index is -4.55. The van der Waals surface area contributed by atoms with Crippen LogP contribution in [0.15, 0.2) is 24.3 Å². The molecule has 1 rings (SSSR count). The number of rotatable bonds is 4. The zero-order valence-corrected chi connectivity index (χ0v) is 10.1. The Hall–Kier alpha value is -1.24. The van der Waals surface area contributed by atoms with Gasteiger partial charge in [0.1, 0.15) is 6.04 Å². The molecule has 1 N–H and O–H groups in total. The molecule has 1 unspecified atom stereocenters. The Labute approximate surface area is 106 Å². The molecule has 108 valence electrons. The molecule has 1 atom stereocenters. The maximum atomic E-state index is 12.6. The second-order valence-corrected chi connectivity index (χ2v) is 4.05. The van der Waals surface area contributed by atoms with Gasteiger partial charge < -0.3 is 5.32 Å². The van der Waals surface area contributed by atoms with Crippen LogP contribution in [-0.4, -0.2) is 18.8 Å². The number of benzene rings is 1. The Morgan fingerprint density at radius 1 is 1.11 bits per heavy atom. The zero-order valence-electron chi connectivity index (χ0n) is 10.1. The molecule has 0 aliphatic heterocycles. The fourth-order valence-electron chi connectivity index (χ4n) is 1.66. The highest BCUT2D eigenvalue weighted by Crippen LogP contribution is 2.30. The van der Waals surface area contributed by atoms with Crippen LogP contribution in [-0.2, 0) is 12.6 Å². The maximum Gasteiger partial charge on any atom is 0.416 e. The maximum absolute atomic E-state index is 12.6. The lowest BCUT2D eigenvalue weighted by molar-refractivity contribution is -0.155. The van der Waals surface area contributed by atoms with E-state index in [1.54, 1.807) is 0 Å². The molecular weight excluding hydrogens is 272 g/mol. The molecule has 19 heavy (non-hydrogen) atoms. The summed E-state index contributed by atoms with van der Waals surface area (Å²) in [5.41, 5.74) is -0.944. The quantitative estimate of drug-likeness (QED) is 0.830. The van der Waals surface area contributed by atoms with E-state index >= 15 is 0 Å². The summed E-state index contributed by atoms with van der Waals surface area (Å²) >= 11 is 0. The number of hydrogen-bond acceptors (Lipinski definition) is 1. The van der Waals surface area contributed by atoms with E-state index in [1.807, 2.05) is 0 Å². The number of hydrogen-bond donors (Lipinski definition) is 1. The van der Waals surface area contributed by atoms with Gasteiger partial charge in [-0.15, -0.1) is 0 Å². The number of alkyl halides is 6. The first-order valence-electron chi connectivity index (χ1n) is 5.61. The van der Waals surface area contributed by atoms with Crippen molar-refractivity contribution in [2.24, 2.45) is 0 Å². The predicted octanol–water partition coefficient (Wildman–Crippen LogP) is 3.79. The van der Waals surface area contributed by atoms with E-state index in [1.165, 1.54) is 13.0 Å². The summed E-state index contributed by atoms with van der Waals surface area (Å²) in [5, 5.41) is 2.22. The summed E-state index contributed by atoms with van der Waals surface area (Å²) in [4.78, 5) is 0. The van der Waals surface area contributed by atoms with Crippen molar-refractivity contribution in [1.29, 1.82) is 0 Å². The molecule has 7 heteroatoms. The van der Waals surface area contributed by atoms with Crippen LogP contribution in [0, 0.1) is 0 Å². The Kier molecular flexibility index (Phi) is 4.84. The van der Waals surface area contributed by atoms with Gasteiger partial charge in [-0.1, -0.05) is 25.1 Å². The molecule has 0 aromatic heterocycles.